The molecule has 3 aromatic rings. The highest BCUT2D eigenvalue weighted by atomic mass is 16.2. The van der Waals surface area contributed by atoms with Crippen molar-refractivity contribution >= 4 is 28.5 Å². The second-order valence-corrected chi connectivity index (χ2v) is 8.25. The summed E-state index contributed by atoms with van der Waals surface area (Å²) < 4.78 is 0. The van der Waals surface area contributed by atoms with Gasteiger partial charge in [-0.3, -0.25) is 9.59 Å². The van der Waals surface area contributed by atoms with Crippen LogP contribution in [0.4, 0.5) is 5.69 Å². The molecule has 6 heteroatoms. The fourth-order valence-electron chi connectivity index (χ4n) is 3.92. The van der Waals surface area contributed by atoms with Crippen molar-refractivity contribution < 1.29 is 9.59 Å². The first kappa shape index (κ1) is 20.1. The van der Waals surface area contributed by atoms with Gasteiger partial charge in [-0.25, -0.2) is 4.98 Å². The molecule has 1 aliphatic heterocycles. The van der Waals surface area contributed by atoms with E-state index in [-0.39, 0.29) is 24.2 Å². The van der Waals surface area contributed by atoms with Crippen LogP contribution in [0, 0.1) is 5.92 Å². The van der Waals surface area contributed by atoms with E-state index in [2.05, 4.69) is 41.3 Å². The Morgan fingerprint density at radius 1 is 1.23 bits per heavy atom. The number of fused-ring (bicyclic) bond motifs is 1. The van der Waals surface area contributed by atoms with E-state index >= 15 is 0 Å². The number of carbonyl (C=O) groups excluding carboxylic acids is 2. The van der Waals surface area contributed by atoms with Crippen LogP contribution in [0.5, 0.6) is 0 Å². The first-order chi connectivity index (χ1) is 14.5. The molecule has 1 aromatic heterocycles. The standard InChI is InChI=1S/C24H28N4O2/c1-16(2)17-7-5-8-19(13-17)28-15-18(14-23(28)29)24(30)25-12-6-11-22-26-20-9-3-4-10-21(20)27-22/h3-5,7-10,13,16,18H,6,11-12,14-15H2,1-2H3,(H,25,30)(H,26,27). The largest absolute Gasteiger partial charge is 0.356 e. The van der Waals surface area contributed by atoms with Crippen molar-refractivity contribution in [2.75, 3.05) is 18.0 Å². The second kappa shape index (κ2) is 8.69. The van der Waals surface area contributed by atoms with Crippen molar-refractivity contribution in [2.45, 2.75) is 39.0 Å². The summed E-state index contributed by atoms with van der Waals surface area (Å²) in [7, 11) is 0. The third-order valence-corrected chi connectivity index (χ3v) is 5.67. The lowest BCUT2D eigenvalue weighted by atomic mass is 10.0. The number of benzene rings is 2. The van der Waals surface area contributed by atoms with Gasteiger partial charge in [0.2, 0.25) is 11.8 Å². The molecule has 2 amide bonds. The summed E-state index contributed by atoms with van der Waals surface area (Å²) in [6.07, 6.45) is 1.83. The van der Waals surface area contributed by atoms with Crippen LogP contribution in [0.2, 0.25) is 0 Å². The smallest absolute Gasteiger partial charge is 0.227 e. The number of aromatic nitrogens is 2. The summed E-state index contributed by atoms with van der Waals surface area (Å²) in [4.78, 5) is 34.7. The highest BCUT2D eigenvalue weighted by Crippen LogP contribution is 2.28. The van der Waals surface area contributed by atoms with Crippen LogP contribution in [0.15, 0.2) is 48.5 Å². The van der Waals surface area contributed by atoms with Crippen molar-refractivity contribution in [1.82, 2.24) is 15.3 Å². The number of nitrogens with zero attached hydrogens (tertiary/aromatic N) is 2. The molecule has 1 aliphatic rings. The third kappa shape index (κ3) is 4.37. The maximum atomic E-state index is 12.6. The van der Waals surface area contributed by atoms with Gasteiger partial charge in [0, 0.05) is 31.6 Å². The van der Waals surface area contributed by atoms with Gasteiger partial charge in [-0.05, 0) is 42.2 Å². The topological polar surface area (TPSA) is 78.1 Å². The average molecular weight is 405 g/mol. The minimum Gasteiger partial charge on any atom is -0.356 e. The van der Waals surface area contributed by atoms with Crippen LogP contribution in [0.3, 0.4) is 0 Å². The van der Waals surface area contributed by atoms with E-state index in [9.17, 15) is 9.59 Å². The fraction of sp³-hybridized carbons (Fsp3) is 0.375. The van der Waals surface area contributed by atoms with Crippen LogP contribution >= 0.6 is 0 Å². The number of anilines is 1. The molecule has 1 saturated heterocycles. The summed E-state index contributed by atoms with van der Waals surface area (Å²) in [6.45, 7) is 5.28. The monoisotopic (exact) mass is 404 g/mol. The molecule has 0 saturated carbocycles. The zero-order valence-corrected chi connectivity index (χ0v) is 17.5. The predicted molar refractivity (Wildman–Crippen MR) is 118 cm³/mol. The van der Waals surface area contributed by atoms with Crippen molar-refractivity contribution in [1.29, 1.82) is 0 Å². The molecule has 2 N–H and O–H groups in total. The van der Waals surface area contributed by atoms with Crippen LogP contribution in [-0.4, -0.2) is 34.9 Å². The summed E-state index contributed by atoms with van der Waals surface area (Å²) in [5.74, 6) is 0.992. The van der Waals surface area contributed by atoms with Gasteiger partial charge >= 0.3 is 0 Å². The van der Waals surface area contributed by atoms with Crippen molar-refractivity contribution in [3.05, 3.63) is 59.9 Å². The molecule has 0 bridgehead atoms. The third-order valence-electron chi connectivity index (χ3n) is 5.67. The van der Waals surface area contributed by atoms with Gasteiger partial charge in [-0.2, -0.15) is 0 Å². The van der Waals surface area contributed by atoms with Crippen molar-refractivity contribution in [2.24, 2.45) is 5.92 Å². The molecule has 2 aromatic carbocycles. The van der Waals surface area contributed by atoms with Gasteiger partial charge in [0.15, 0.2) is 0 Å². The maximum Gasteiger partial charge on any atom is 0.227 e. The molecule has 1 atom stereocenters. The number of aromatic amines is 1. The normalized spacial score (nSPS) is 16.6. The summed E-state index contributed by atoms with van der Waals surface area (Å²) in [5.41, 5.74) is 4.07. The Bertz CT molecular complexity index is 1020. The summed E-state index contributed by atoms with van der Waals surface area (Å²) in [6, 6.07) is 16.0. The number of aryl methyl sites for hydroxylation is 1. The molecule has 0 spiro atoms. The molecular formula is C24H28N4O2. The minimum atomic E-state index is -0.300. The number of hydrogen-bond acceptors (Lipinski definition) is 3. The Morgan fingerprint density at radius 2 is 2.07 bits per heavy atom. The highest BCUT2D eigenvalue weighted by molar-refractivity contribution is 6.00. The van der Waals surface area contributed by atoms with Gasteiger partial charge < -0.3 is 15.2 Å². The van der Waals surface area contributed by atoms with Gasteiger partial charge in [0.1, 0.15) is 5.82 Å². The van der Waals surface area contributed by atoms with E-state index in [0.717, 1.165) is 35.4 Å². The van der Waals surface area contributed by atoms with E-state index < -0.39 is 0 Å². The first-order valence-corrected chi connectivity index (χ1v) is 10.6. The number of hydrogen-bond donors (Lipinski definition) is 2. The fourth-order valence-corrected chi connectivity index (χ4v) is 3.92. The second-order valence-electron chi connectivity index (χ2n) is 8.25. The minimum absolute atomic E-state index is 0.0123. The number of nitrogens with one attached hydrogen (secondary N) is 2. The molecule has 2 heterocycles. The van der Waals surface area contributed by atoms with Gasteiger partial charge in [0.05, 0.1) is 17.0 Å². The Morgan fingerprint density at radius 3 is 2.87 bits per heavy atom. The molecule has 4 rings (SSSR count). The number of H-pyrrole nitrogens is 1. The molecule has 0 aliphatic carbocycles. The number of amides is 2. The SMILES string of the molecule is CC(C)c1cccc(N2CC(C(=O)NCCCc3nc4ccccc4[nH]3)CC2=O)c1. The molecule has 30 heavy (non-hydrogen) atoms. The van der Waals surface area contributed by atoms with E-state index in [1.165, 1.54) is 5.56 Å². The number of imidazole rings is 1. The lowest BCUT2D eigenvalue weighted by Gasteiger charge is -2.18. The molecule has 6 nitrogen and oxygen atoms in total. The zero-order chi connectivity index (χ0) is 21.1. The Kier molecular flexibility index (Phi) is 5.84. The van der Waals surface area contributed by atoms with Crippen LogP contribution in [0.1, 0.15) is 44.0 Å². The quantitative estimate of drug-likeness (QED) is 0.588. The van der Waals surface area contributed by atoms with E-state index in [4.69, 9.17) is 0 Å². The van der Waals surface area contributed by atoms with E-state index in [1.54, 1.807) is 4.90 Å². The number of rotatable bonds is 7. The Hall–Kier alpha value is -3.15. The lowest BCUT2D eigenvalue weighted by Crippen LogP contribution is -2.33. The molecule has 0 radical (unpaired) electrons. The van der Waals surface area contributed by atoms with E-state index in [0.29, 0.717) is 19.0 Å². The predicted octanol–water partition coefficient (Wildman–Crippen LogP) is 3.79. The maximum absolute atomic E-state index is 12.6. The highest BCUT2D eigenvalue weighted by Gasteiger charge is 2.35. The zero-order valence-electron chi connectivity index (χ0n) is 17.5. The van der Waals surface area contributed by atoms with Gasteiger partial charge in [-0.15, -0.1) is 0 Å². The van der Waals surface area contributed by atoms with Crippen LogP contribution < -0.4 is 10.2 Å². The van der Waals surface area contributed by atoms with Crippen LogP contribution in [-0.2, 0) is 16.0 Å². The number of para-hydroxylation sites is 2. The molecule has 156 valence electrons. The van der Waals surface area contributed by atoms with Crippen molar-refractivity contribution in [3.63, 3.8) is 0 Å². The lowest BCUT2D eigenvalue weighted by molar-refractivity contribution is -0.126. The Labute approximate surface area is 176 Å². The summed E-state index contributed by atoms with van der Waals surface area (Å²) >= 11 is 0. The van der Waals surface area contributed by atoms with E-state index in [1.807, 2.05) is 36.4 Å². The van der Waals surface area contributed by atoms with Gasteiger partial charge in [0.25, 0.3) is 0 Å². The average Bonchev–Trinajstić information content (AvgIpc) is 3.34. The molecule has 1 unspecified atom stereocenters. The number of carbonyl (C=O) groups is 2. The molecule has 1 fully saturated rings. The van der Waals surface area contributed by atoms with Gasteiger partial charge in [-0.1, -0.05) is 38.1 Å². The Balaban J connectivity index is 1.28. The molecular weight excluding hydrogens is 376 g/mol. The van der Waals surface area contributed by atoms with Crippen molar-refractivity contribution in [3.8, 4) is 0 Å². The first-order valence-electron chi connectivity index (χ1n) is 10.6. The summed E-state index contributed by atoms with van der Waals surface area (Å²) in [5, 5.41) is 2.99. The van der Waals surface area contributed by atoms with Crippen LogP contribution in [0.25, 0.3) is 11.0 Å².